The number of halogens is 1. The Morgan fingerprint density at radius 3 is 2.80 bits per heavy atom. The van der Waals surface area contributed by atoms with E-state index in [1.54, 1.807) is 0 Å². The van der Waals surface area contributed by atoms with Crippen LogP contribution in [-0.2, 0) is 6.54 Å². The SMILES string of the molecule is Cl.NCC1CCN(Cc2cc(-c3ccccc3)on2)C1. The highest BCUT2D eigenvalue weighted by Gasteiger charge is 2.22. The van der Waals surface area contributed by atoms with Crippen molar-refractivity contribution in [2.24, 2.45) is 11.7 Å². The van der Waals surface area contributed by atoms with Gasteiger partial charge in [0.25, 0.3) is 0 Å². The highest BCUT2D eigenvalue weighted by Crippen LogP contribution is 2.22. The smallest absolute Gasteiger partial charge is 0.167 e. The van der Waals surface area contributed by atoms with Gasteiger partial charge in [-0.1, -0.05) is 35.5 Å². The van der Waals surface area contributed by atoms with Crippen LogP contribution in [0.4, 0.5) is 0 Å². The fourth-order valence-corrected chi connectivity index (χ4v) is 2.60. The molecule has 1 aromatic heterocycles. The summed E-state index contributed by atoms with van der Waals surface area (Å²) in [5.41, 5.74) is 7.78. The van der Waals surface area contributed by atoms with Gasteiger partial charge in [-0.2, -0.15) is 0 Å². The summed E-state index contributed by atoms with van der Waals surface area (Å²) >= 11 is 0. The van der Waals surface area contributed by atoms with Crippen molar-refractivity contribution in [3.05, 3.63) is 42.1 Å². The molecule has 1 aliphatic rings. The second kappa shape index (κ2) is 6.88. The molecular weight excluding hydrogens is 274 g/mol. The van der Waals surface area contributed by atoms with Crippen molar-refractivity contribution in [2.45, 2.75) is 13.0 Å². The van der Waals surface area contributed by atoms with Gasteiger partial charge in [0.15, 0.2) is 5.76 Å². The van der Waals surface area contributed by atoms with Gasteiger partial charge in [0.05, 0.1) is 5.69 Å². The standard InChI is InChI=1S/C15H19N3O.ClH/c16-9-12-6-7-18(10-12)11-14-8-15(19-17-14)13-4-2-1-3-5-13;/h1-5,8,12H,6-7,9-11,16H2;1H. The third kappa shape index (κ3) is 3.39. The third-order valence-electron chi connectivity index (χ3n) is 3.71. The molecule has 1 fully saturated rings. The Labute approximate surface area is 125 Å². The van der Waals surface area contributed by atoms with Gasteiger partial charge >= 0.3 is 0 Å². The van der Waals surface area contributed by atoms with Crippen molar-refractivity contribution in [3.63, 3.8) is 0 Å². The number of hydrogen-bond donors (Lipinski definition) is 1. The van der Waals surface area contributed by atoms with E-state index in [2.05, 4.69) is 10.1 Å². The number of rotatable bonds is 4. The zero-order chi connectivity index (χ0) is 13.1. The maximum atomic E-state index is 5.71. The minimum absolute atomic E-state index is 0. The summed E-state index contributed by atoms with van der Waals surface area (Å²) in [4.78, 5) is 2.39. The van der Waals surface area contributed by atoms with E-state index >= 15 is 0 Å². The van der Waals surface area contributed by atoms with Gasteiger partial charge in [-0.25, -0.2) is 0 Å². The van der Waals surface area contributed by atoms with Crippen LogP contribution in [0.15, 0.2) is 40.9 Å². The minimum Gasteiger partial charge on any atom is -0.356 e. The van der Waals surface area contributed by atoms with E-state index in [4.69, 9.17) is 10.3 Å². The minimum atomic E-state index is 0. The average molecular weight is 294 g/mol. The van der Waals surface area contributed by atoms with Crippen molar-refractivity contribution in [1.82, 2.24) is 10.1 Å². The van der Waals surface area contributed by atoms with E-state index in [0.717, 1.165) is 43.2 Å². The molecule has 3 rings (SSSR count). The number of likely N-dealkylation sites (tertiary alicyclic amines) is 1. The van der Waals surface area contributed by atoms with E-state index in [1.807, 2.05) is 36.4 Å². The molecule has 1 aliphatic heterocycles. The van der Waals surface area contributed by atoms with E-state index < -0.39 is 0 Å². The predicted molar refractivity (Wildman–Crippen MR) is 81.6 cm³/mol. The van der Waals surface area contributed by atoms with Crippen molar-refractivity contribution < 1.29 is 4.52 Å². The van der Waals surface area contributed by atoms with Crippen LogP contribution < -0.4 is 5.73 Å². The van der Waals surface area contributed by atoms with Crippen molar-refractivity contribution in [3.8, 4) is 11.3 Å². The Balaban J connectivity index is 0.00000147. The first kappa shape index (κ1) is 15.0. The molecule has 0 amide bonds. The molecule has 2 heterocycles. The lowest BCUT2D eigenvalue weighted by atomic mass is 10.1. The second-order valence-corrected chi connectivity index (χ2v) is 5.17. The fourth-order valence-electron chi connectivity index (χ4n) is 2.60. The number of hydrogen-bond acceptors (Lipinski definition) is 4. The molecule has 1 unspecified atom stereocenters. The molecule has 0 bridgehead atoms. The molecule has 5 heteroatoms. The van der Waals surface area contributed by atoms with Gasteiger partial charge in [0.2, 0.25) is 0 Å². The predicted octanol–water partition coefficient (Wildman–Crippen LogP) is 2.54. The molecule has 0 saturated carbocycles. The molecule has 2 N–H and O–H groups in total. The van der Waals surface area contributed by atoms with E-state index in [1.165, 1.54) is 6.42 Å². The molecule has 0 spiro atoms. The lowest BCUT2D eigenvalue weighted by molar-refractivity contribution is 0.304. The van der Waals surface area contributed by atoms with Crippen LogP contribution in [0.2, 0.25) is 0 Å². The molecule has 108 valence electrons. The van der Waals surface area contributed by atoms with Crippen LogP contribution in [0.3, 0.4) is 0 Å². The highest BCUT2D eigenvalue weighted by atomic mass is 35.5. The quantitative estimate of drug-likeness (QED) is 0.941. The summed E-state index contributed by atoms with van der Waals surface area (Å²) in [6, 6.07) is 12.1. The Bertz CT molecular complexity index is 529. The van der Waals surface area contributed by atoms with Gasteiger partial charge in [-0.05, 0) is 25.4 Å². The van der Waals surface area contributed by atoms with Crippen molar-refractivity contribution >= 4 is 12.4 Å². The van der Waals surface area contributed by atoms with Gasteiger partial charge in [-0.3, -0.25) is 4.90 Å². The molecule has 20 heavy (non-hydrogen) atoms. The molecule has 1 saturated heterocycles. The summed E-state index contributed by atoms with van der Waals surface area (Å²) < 4.78 is 5.41. The molecule has 0 aliphatic carbocycles. The highest BCUT2D eigenvalue weighted by molar-refractivity contribution is 5.85. The number of benzene rings is 1. The average Bonchev–Trinajstić information content (AvgIpc) is 3.09. The summed E-state index contributed by atoms with van der Waals surface area (Å²) in [6.07, 6.45) is 1.19. The normalized spacial score (nSPS) is 18.9. The molecule has 1 atom stereocenters. The number of nitrogens with zero attached hydrogens (tertiary/aromatic N) is 2. The number of aromatic nitrogens is 1. The molecular formula is C15H20ClN3O. The van der Waals surface area contributed by atoms with Crippen LogP contribution in [0, 0.1) is 5.92 Å². The monoisotopic (exact) mass is 293 g/mol. The van der Waals surface area contributed by atoms with E-state index in [0.29, 0.717) is 5.92 Å². The lowest BCUT2D eigenvalue weighted by Crippen LogP contribution is -2.22. The van der Waals surface area contributed by atoms with E-state index in [-0.39, 0.29) is 12.4 Å². The first-order valence-electron chi connectivity index (χ1n) is 6.78. The molecule has 2 aromatic rings. The first-order chi connectivity index (χ1) is 9.35. The van der Waals surface area contributed by atoms with Crippen LogP contribution in [0.25, 0.3) is 11.3 Å². The maximum Gasteiger partial charge on any atom is 0.167 e. The number of nitrogens with two attached hydrogens (primary N) is 1. The van der Waals surface area contributed by atoms with Gasteiger partial charge in [0.1, 0.15) is 0 Å². The molecule has 4 nitrogen and oxygen atoms in total. The van der Waals surface area contributed by atoms with Crippen LogP contribution in [0.1, 0.15) is 12.1 Å². The summed E-state index contributed by atoms with van der Waals surface area (Å²) in [7, 11) is 0. The van der Waals surface area contributed by atoms with Crippen LogP contribution >= 0.6 is 12.4 Å². The summed E-state index contributed by atoms with van der Waals surface area (Å²) in [5, 5.41) is 4.16. The van der Waals surface area contributed by atoms with Crippen molar-refractivity contribution in [2.75, 3.05) is 19.6 Å². The second-order valence-electron chi connectivity index (χ2n) is 5.17. The summed E-state index contributed by atoms with van der Waals surface area (Å²) in [6.45, 7) is 3.82. The Kier molecular flexibility index (Phi) is 5.17. The topological polar surface area (TPSA) is 55.3 Å². The Morgan fingerprint density at radius 2 is 2.10 bits per heavy atom. The van der Waals surface area contributed by atoms with E-state index in [9.17, 15) is 0 Å². The van der Waals surface area contributed by atoms with Gasteiger partial charge in [-0.15, -0.1) is 12.4 Å². The zero-order valence-electron chi connectivity index (χ0n) is 11.4. The van der Waals surface area contributed by atoms with Gasteiger partial charge in [0, 0.05) is 24.7 Å². The van der Waals surface area contributed by atoms with Crippen LogP contribution in [0.5, 0.6) is 0 Å². The largest absolute Gasteiger partial charge is 0.356 e. The molecule has 0 radical (unpaired) electrons. The Hall–Kier alpha value is -1.36. The van der Waals surface area contributed by atoms with Crippen LogP contribution in [-0.4, -0.2) is 29.7 Å². The fraction of sp³-hybridized carbons (Fsp3) is 0.400. The van der Waals surface area contributed by atoms with Crippen molar-refractivity contribution in [1.29, 1.82) is 0 Å². The first-order valence-corrected chi connectivity index (χ1v) is 6.78. The summed E-state index contributed by atoms with van der Waals surface area (Å²) in [5.74, 6) is 1.48. The van der Waals surface area contributed by atoms with Gasteiger partial charge < -0.3 is 10.3 Å². The Morgan fingerprint density at radius 1 is 1.30 bits per heavy atom. The third-order valence-corrected chi connectivity index (χ3v) is 3.71. The zero-order valence-corrected chi connectivity index (χ0v) is 12.2. The lowest BCUT2D eigenvalue weighted by Gasteiger charge is -2.12. The maximum absolute atomic E-state index is 5.71. The molecule has 1 aromatic carbocycles.